The SMILES string of the molecule is COc1ccc2c(c1)sc(=N)n2CC(=O)Nc1ccc(C(=O)O)cc1.Cl. The molecular formula is C17H16ClN3O4S. The number of aromatic nitrogens is 1. The number of halogens is 1. The van der Waals surface area contributed by atoms with Crippen LogP contribution in [0.3, 0.4) is 0 Å². The van der Waals surface area contributed by atoms with Gasteiger partial charge in [-0.3, -0.25) is 10.2 Å². The van der Waals surface area contributed by atoms with Crippen LogP contribution in [0.5, 0.6) is 5.75 Å². The Kier molecular flexibility index (Phi) is 6.01. The molecule has 0 radical (unpaired) electrons. The van der Waals surface area contributed by atoms with Gasteiger partial charge in [0.25, 0.3) is 0 Å². The third kappa shape index (κ3) is 4.04. The fourth-order valence-electron chi connectivity index (χ4n) is 2.39. The topological polar surface area (TPSA) is 104 Å². The van der Waals surface area contributed by atoms with Gasteiger partial charge < -0.3 is 19.7 Å². The summed E-state index contributed by atoms with van der Waals surface area (Å²) < 4.78 is 7.65. The summed E-state index contributed by atoms with van der Waals surface area (Å²) in [6.45, 7) is -0.00809. The van der Waals surface area contributed by atoms with Crippen LogP contribution in [0.4, 0.5) is 5.69 Å². The van der Waals surface area contributed by atoms with Gasteiger partial charge in [-0.05, 0) is 42.5 Å². The van der Waals surface area contributed by atoms with Gasteiger partial charge in [0, 0.05) is 5.69 Å². The maximum atomic E-state index is 12.3. The van der Waals surface area contributed by atoms with E-state index in [1.54, 1.807) is 17.7 Å². The Morgan fingerprint density at radius 3 is 2.54 bits per heavy atom. The lowest BCUT2D eigenvalue weighted by Crippen LogP contribution is -2.24. The molecule has 2 aromatic carbocycles. The van der Waals surface area contributed by atoms with Crippen molar-refractivity contribution in [3.05, 3.63) is 52.8 Å². The normalized spacial score (nSPS) is 10.2. The smallest absolute Gasteiger partial charge is 0.335 e. The van der Waals surface area contributed by atoms with Crippen LogP contribution in [0.15, 0.2) is 42.5 Å². The number of carbonyl (C=O) groups is 2. The number of hydrogen-bond donors (Lipinski definition) is 3. The minimum Gasteiger partial charge on any atom is -0.497 e. The van der Waals surface area contributed by atoms with Gasteiger partial charge in [-0.1, -0.05) is 11.3 Å². The summed E-state index contributed by atoms with van der Waals surface area (Å²) in [4.78, 5) is 23.4. The quantitative estimate of drug-likeness (QED) is 0.619. The Bertz CT molecular complexity index is 1010. The summed E-state index contributed by atoms with van der Waals surface area (Å²) >= 11 is 1.27. The molecule has 1 amide bonds. The summed E-state index contributed by atoms with van der Waals surface area (Å²) in [7, 11) is 1.58. The average Bonchev–Trinajstić information content (AvgIpc) is 2.90. The number of carboxylic acid groups (broad SMARTS) is 1. The number of hydrogen-bond acceptors (Lipinski definition) is 5. The van der Waals surface area contributed by atoms with Gasteiger partial charge in [-0.25, -0.2) is 4.79 Å². The molecule has 3 N–H and O–H groups in total. The highest BCUT2D eigenvalue weighted by Gasteiger charge is 2.11. The lowest BCUT2D eigenvalue weighted by molar-refractivity contribution is -0.116. The van der Waals surface area contributed by atoms with E-state index in [-0.39, 0.29) is 35.2 Å². The van der Waals surface area contributed by atoms with Gasteiger partial charge in [0.1, 0.15) is 12.3 Å². The minimum atomic E-state index is -1.02. The van der Waals surface area contributed by atoms with Crippen molar-refractivity contribution in [2.45, 2.75) is 6.54 Å². The molecule has 1 aromatic heterocycles. The Morgan fingerprint density at radius 1 is 1.23 bits per heavy atom. The second-order valence-corrected chi connectivity index (χ2v) is 6.29. The van der Waals surface area contributed by atoms with Crippen molar-refractivity contribution in [1.29, 1.82) is 5.41 Å². The van der Waals surface area contributed by atoms with Crippen LogP contribution >= 0.6 is 23.7 Å². The summed E-state index contributed by atoms with van der Waals surface area (Å²) in [5.74, 6) is -0.617. The van der Waals surface area contributed by atoms with Crippen molar-refractivity contribution in [3.63, 3.8) is 0 Å². The molecule has 3 rings (SSSR count). The highest BCUT2D eigenvalue weighted by atomic mass is 35.5. The number of aromatic carboxylic acids is 1. The number of carbonyl (C=O) groups excluding carboxylic acids is 1. The molecule has 0 aliphatic carbocycles. The van der Waals surface area contributed by atoms with E-state index < -0.39 is 5.97 Å². The lowest BCUT2D eigenvalue weighted by Gasteiger charge is -2.08. The third-order valence-electron chi connectivity index (χ3n) is 3.63. The van der Waals surface area contributed by atoms with E-state index in [0.29, 0.717) is 11.4 Å². The maximum absolute atomic E-state index is 12.3. The number of thiazole rings is 1. The zero-order valence-electron chi connectivity index (χ0n) is 13.7. The molecule has 0 unspecified atom stereocenters. The summed E-state index contributed by atoms with van der Waals surface area (Å²) in [5, 5.41) is 19.7. The number of amides is 1. The Labute approximate surface area is 158 Å². The van der Waals surface area contributed by atoms with Crippen LogP contribution in [0.1, 0.15) is 10.4 Å². The van der Waals surface area contributed by atoms with Crippen LogP contribution < -0.4 is 14.9 Å². The van der Waals surface area contributed by atoms with E-state index in [4.69, 9.17) is 15.3 Å². The molecule has 0 spiro atoms. The standard InChI is InChI=1S/C17H15N3O4S.ClH/c1-24-12-6-7-13-14(8-12)25-17(18)20(13)9-15(21)19-11-4-2-10(3-5-11)16(22)23;/h2-8,18H,9H2,1H3,(H,19,21)(H,22,23);1H. The van der Waals surface area contributed by atoms with E-state index >= 15 is 0 Å². The predicted molar refractivity (Wildman–Crippen MR) is 102 cm³/mol. The second kappa shape index (κ2) is 8.03. The van der Waals surface area contributed by atoms with Gasteiger partial charge >= 0.3 is 5.97 Å². The van der Waals surface area contributed by atoms with Crippen LogP contribution in [0, 0.1) is 5.41 Å². The number of anilines is 1. The van der Waals surface area contributed by atoms with Gasteiger partial charge in [-0.15, -0.1) is 12.4 Å². The van der Waals surface area contributed by atoms with E-state index in [1.165, 1.54) is 35.6 Å². The van der Waals surface area contributed by atoms with Crippen LogP contribution in [-0.4, -0.2) is 28.7 Å². The number of nitrogens with zero attached hydrogens (tertiary/aromatic N) is 1. The molecule has 0 fully saturated rings. The number of benzene rings is 2. The molecule has 136 valence electrons. The minimum absolute atomic E-state index is 0. The van der Waals surface area contributed by atoms with E-state index in [2.05, 4.69) is 5.32 Å². The van der Waals surface area contributed by atoms with Gasteiger partial charge in [0.2, 0.25) is 5.91 Å². The van der Waals surface area contributed by atoms with Gasteiger partial charge in [-0.2, -0.15) is 0 Å². The average molecular weight is 394 g/mol. The lowest BCUT2D eigenvalue weighted by atomic mass is 10.2. The second-order valence-electron chi connectivity index (χ2n) is 5.26. The predicted octanol–water partition coefficient (Wildman–Crippen LogP) is 2.95. The molecular weight excluding hydrogens is 378 g/mol. The number of ether oxygens (including phenoxy) is 1. The molecule has 26 heavy (non-hydrogen) atoms. The first-order valence-electron chi connectivity index (χ1n) is 7.33. The zero-order chi connectivity index (χ0) is 18.0. The number of carboxylic acids is 1. The van der Waals surface area contributed by atoms with Gasteiger partial charge in [0.05, 0.1) is 22.9 Å². The van der Waals surface area contributed by atoms with Crippen molar-refractivity contribution in [2.24, 2.45) is 0 Å². The monoisotopic (exact) mass is 393 g/mol. The molecule has 0 saturated carbocycles. The first-order valence-corrected chi connectivity index (χ1v) is 8.15. The molecule has 7 nitrogen and oxygen atoms in total. The number of rotatable bonds is 5. The van der Waals surface area contributed by atoms with Crippen LogP contribution in [0.2, 0.25) is 0 Å². The molecule has 0 bridgehead atoms. The van der Waals surface area contributed by atoms with Crippen LogP contribution in [-0.2, 0) is 11.3 Å². The molecule has 0 aliphatic rings. The Morgan fingerprint density at radius 2 is 1.92 bits per heavy atom. The molecule has 0 aliphatic heterocycles. The fraction of sp³-hybridized carbons (Fsp3) is 0.118. The molecule has 0 atom stereocenters. The molecule has 0 saturated heterocycles. The van der Waals surface area contributed by atoms with E-state index in [0.717, 1.165) is 10.2 Å². The van der Waals surface area contributed by atoms with E-state index in [1.807, 2.05) is 12.1 Å². The molecule has 1 heterocycles. The maximum Gasteiger partial charge on any atom is 0.335 e. The van der Waals surface area contributed by atoms with Crippen molar-refractivity contribution < 1.29 is 19.4 Å². The summed E-state index contributed by atoms with van der Waals surface area (Å²) in [6.07, 6.45) is 0. The number of fused-ring (bicyclic) bond motifs is 1. The van der Waals surface area contributed by atoms with Crippen molar-refractivity contribution in [1.82, 2.24) is 4.57 Å². The van der Waals surface area contributed by atoms with Crippen molar-refractivity contribution in [3.8, 4) is 5.75 Å². The summed E-state index contributed by atoms with van der Waals surface area (Å²) in [5.41, 5.74) is 1.44. The Hall–Kier alpha value is -2.84. The van der Waals surface area contributed by atoms with Gasteiger partial charge in [0.15, 0.2) is 4.80 Å². The largest absolute Gasteiger partial charge is 0.497 e. The van der Waals surface area contributed by atoms with Crippen molar-refractivity contribution >= 4 is 51.5 Å². The molecule has 3 aromatic rings. The Balaban J connectivity index is 0.00000243. The zero-order valence-corrected chi connectivity index (χ0v) is 15.3. The van der Waals surface area contributed by atoms with Crippen molar-refractivity contribution in [2.75, 3.05) is 12.4 Å². The fourth-order valence-corrected chi connectivity index (χ4v) is 3.33. The first-order chi connectivity index (χ1) is 12.0. The first kappa shape index (κ1) is 19.5. The van der Waals surface area contributed by atoms with Crippen LogP contribution in [0.25, 0.3) is 10.2 Å². The summed E-state index contributed by atoms with van der Waals surface area (Å²) in [6, 6.07) is 11.3. The highest BCUT2D eigenvalue weighted by molar-refractivity contribution is 7.16. The third-order valence-corrected chi connectivity index (χ3v) is 4.59. The highest BCUT2D eigenvalue weighted by Crippen LogP contribution is 2.23. The van der Waals surface area contributed by atoms with E-state index in [9.17, 15) is 9.59 Å². The number of methoxy groups -OCH3 is 1. The number of nitrogens with one attached hydrogen (secondary N) is 2. The molecule has 9 heteroatoms.